The molecule has 1 N–H and O–H groups in total. The number of aromatic nitrogens is 1. The van der Waals surface area contributed by atoms with Crippen LogP contribution in [0.15, 0.2) is 59.3 Å². The van der Waals surface area contributed by atoms with Crippen LogP contribution in [-0.2, 0) is 6.61 Å². The average molecular weight is 298 g/mol. The molecule has 0 fully saturated rings. The van der Waals surface area contributed by atoms with Gasteiger partial charge in [0.2, 0.25) is 0 Å². The molecule has 0 aliphatic carbocycles. The minimum atomic E-state index is 0.442. The Bertz CT molecular complexity index is 923. The summed E-state index contributed by atoms with van der Waals surface area (Å²) in [7, 11) is 0. The Morgan fingerprint density at radius 2 is 2.05 bits per heavy atom. The second kappa shape index (κ2) is 4.86. The van der Waals surface area contributed by atoms with Crippen LogP contribution in [0.2, 0.25) is 5.02 Å². The van der Waals surface area contributed by atoms with E-state index in [1.807, 2.05) is 48.7 Å². The van der Waals surface area contributed by atoms with Crippen LogP contribution in [0.25, 0.3) is 21.9 Å². The molecule has 0 spiro atoms. The predicted octanol–water partition coefficient (Wildman–Crippen LogP) is 5.15. The second-order valence-corrected chi connectivity index (χ2v) is 5.32. The van der Waals surface area contributed by atoms with Crippen LogP contribution in [0, 0.1) is 0 Å². The number of hydrogen-bond donors (Lipinski definition) is 1. The molecule has 4 aromatic rings. The Hall–Kier alpha value is -2.39. The number of rotatable bonds is 3. The largest absolute Gasteiger partial charge is 0.488 e. The van der Waals surface area contributed by atoms with E-state index in [4.69, 9.17) is 20.8 Å². The van der Waals surface area contributed by atoms with Crippen molar-refractivity contribution in [2.75, 3.05) is 0 Å². The maximum Gasteiger partial charge on any atom is 0.134 e. The summed E-state index contributed by atoms with van der Waals surface area (Å²) in [6, 6.07) is 13.6. The Morgan fingerprint density at radius 1 is 1.10 bits per heavy atom. The molecule has 0 radical (unpaired) electrons. The molecule has 21 heavy (non-hydrogen) atoms. The Kier molecular flexibility index (Phi) is 2.86. The molecule has 0 saturated heterocycles. The van der Waals surface area contributed by atoms with E-state index in [1.54, 1.807) is 6.26 Å². The summed E-state index contributed by atoms with van der Waals surface area (Å²) in [6.07, 6.45) is 3.63. The first-order valence-electron chi connectivity index (χ1n) is 6.66. The highest BCUT2D eigenvalue weighted by Gasteiger charge is 2.08. The number of halogens is 1. The first-order valence-corrected chi connectivity index (χ1v) is 7.03. The van der Waals surface area contributed by atoms with Gasteiger partial charge < -0.3 is 14.1 Å². The number of H-pyrrole nitrogens is 1. The smallest absolute Gasteiger partial charge is 0.134 e. The first-order chi connectivity index (χ1) is 10.3. The summed E-state index contributed by atoms with van der Waals surface area (Å²) in [5.41, 5.74) is 2.87. The van der Waals surface area contributed by atoms with Gasteiger partial charge in [-0.25, -0.2) is 0 Å². The molecule has 0 bridgehead atoms. The van der Waals surface area contributed by atoms with Crippen LogP contribution < -0.4 is 4.74 Å². The lowest BCUT2D eigenvalue weighted by atomic mass is 10.2. The van der Waals surface area contributed by atoms with Crippen molar-refractivity contribution < 1.29 is 9.15 Å². The molecule has 0 aliphatic rings. The fourth-order valence-corrected chi connectivity index (χ4v) is 2.68. The average Bonchev–Trinajstić information content (AvgIpc) is 3.11. The molecule has 0 aliphatic heterocycles. The predicted molar refractivity (Wildman–Crippen MR) is 83.9 cm³/mol. The summed E-state index contributed by atoms with van der Waals surface area (Å²) in [4.78, 5) is 3.17. The van der Waals surface area contributed by atoms with Gasteiger partial charge in [0, 0.05) is 33.1 Å². The molecule has 0 amide bonds. The van der Waals surface area contributed by atoms with Gasteiger partial charge >= 0.3 is 0 Å². The summed E-state index contributed by atoms with van der Waals surface area (Å²) < 4.78 is 11.5. The SMILES string of the molecule is Clc1ccc2occ(COc3cccc4[nH]ccc34)c2c1. The third-order valence-corrected chi connectivity index (χ3v) is 3.79. The standard InChI is InChI=1S/C17H12ClNO2/c18-12-4-5-17-14(8-12)11(10-21-17)9-20-16-3-1-2-15-13(16)6-7-19-15/h1-8,10,19H,9H2. The van der Waals surface area contributed by atoms with Crippen LogP contribution in [0.3, 0.4) is 0 Å². The normalized spacial score (nSPS) is 11.3. The summed E-state index contributed by atoms with van der Waals surface area (Å²) in [5.74, 6) is 0.852. The molecule has 2 aromatic carbocycles. The zero-order chi connectivity index (χ0) is 14.2. The van der Waals surface area contributed by atoms with Crippen molar-refractivity contribution in [1.29, 1.82) is 0 Å². The van der Waals surface area contributed by atoms with E-state index in [0.717, 1.165) is 33.2 Å². The van der Waals surface area contributed by atoms with Crippen molar-refractivity contribution in [2.24, 2.45) is 0 Å². The maximum atomic E-state index is 6.04. The molecular formula is C17H12ClNO2. The maximum absolute atomic E-state index is 6.04. The second-order valence-electron chi connectivity index (χ2n) is 4.89. The third-order valence-electron chi connectivity index (χ3n) is 3.55. The number of benzene rings is 2. The lowest BCUT2D eigenvalue weighted by molar-refractivity contribution is 0.310. The van der Waals surface area contributed by atoms with Crippen molar-refractivity contribution in [1.82, 2.24) is 4.98 Å². The summed E-state index contributed by atoms with van der Waals surface area (Å²) in [5, 5.41) is 2.75. The number of ether oxygens (including phenoxy) is 1. The molecule has 3 nitrogen and oxygen atoms in total. The van der Waals surface area contributed by atoms with Gasteiger partial charge in [-0.3, -0.25) is 0 Å². The highest BCUT2D eigenvalue weighted by atomic mass is 35.5. The summed E-state index contributed by atoms with van der Waals surface area (Å²) in [6.45, 7) is 0.442. The molecule has 0 atom stereocenters. The van der Waals surface area contributed by atoms with Crippen LogP contribution in [0.1, 0.15) is 5.56 Å². The molecule has 104 valence electrons. The molecule has 4 heteroatoms. The molecule has 0 unspecified atom stereocenters. The van der Waals surface area contributed by atoms with Gasteiger partial charge in [0.05, 0.1) is 6.26 Å². The van der Waals surface area contributed by atoms with Gasteiger partial charge in [0.15, 0.2) is 0 Å². The van der Waals surface area contributed by atoms with Crippen molar-refractivity contribution in [3.05, 3.63) is 65.5 Å². The fourth-order valence-electron chi connectivity index (χ4n) is 2.50. The van der Waals surface area contributed by atoms with Gasteiger partial charge in [-0.15, -0.1) is 0 Å². The van der Waals surface area contributed by atoms with E-state index in [-0.39, 0.29) is 0 Å². The van der Waals surface area contributed by atoms with Gasteiger partial charge in [-0.2, -0.15) is 0 Å². The minimum absolute atomic E-state index is 0.442. The van der Waals surface area contributed by atoms with E-state index < -0.39 is 0 Å². The van der Waals surface area contributed by atoms with E-state index in [0.29, 0.717) is 11.6 Å². The van der Waals surface area contributed by atoms with Crippen molar-refractivity contribution in [3.63, 3.8) is 0 Å². The van der Waals surface area contributed by atoms with Gasteiger partial charge in [0.1, 0.15) is 17.9 Å². The minimum Gasteiger partial charge on any atom is -0.488 e. The van der Waals surface area contributed by atoms with Crippen LogP contribution >= 0.6 is 11.6 Å². The van der Waals surface area contributed by atoms with E-state index in [9.17, 15) is 0 Å². The van der Waals surface area contributed by atoms with Crippen LogP contribution in [-0.4, -0.2) is 4.98 Å². The zero-order valence-corrected chi connectivity index (χ0v) is 11.9. The van der Waals surface area contributed by atoms with Gasteiger partial charge in [0.25, 0.3) is 0 Å². The van der Waals surface area contributed by atoms with E-state index in [1.165, 1.54) is 0 Å². The first kappa shape index (κ1) is 12.4. The number of furan rings is 1. The third kappa shape index (κ3) is 2.16. The zero-order valence-electron chi connectivity index (χ0n) is 11.1. The van der Waals surface area contributed by atoms with E-state index in [2.05, 4.69) is 4.98 Å². The molecule has 0 saturated carbocycles. The fraction of sp³-hybridized carbons (Fsp3) is 0.0588. The van der Waals surface area contributed by atoms with Gasteiger partial charge in [-0.1, -0.05) is 17.7 Å². The van der Waals surface area contributed by atoms with Crippen molar-refractivity contribution in [2.45, 2.75) is 6.61 Å². The number of hydrogen-bond acceptors (Lipinski definition) is 2. The number of fused-ring (bicyclic) bond motifs is 2. The molecule has 2 aromatic heterocycles. The monoisotopic (exact) mass is 297 g/mol. The van der Waals surface area contributed by atoms with Crippen LogP contribution in [0.5, 0.6) is 5.75 Å². The van der Waals surface area contributed by atoms with Crippen molar-refractivity contribution >= 4 is 33.5 Å². The quantitative estimate of drug-likeness (QED) is 0.568. The van der Waals surface area contributed by atoms with Gasteiger partial charge in [-0.05, 0) is 36.4 Å². The lowest BCUT2D eigenvalue weighted by Gasteiger charge is -2.06. The van der Waals surface area contributed by atoms with E-state index >= 15 is 0 Å². The molecular weight excluding hydrogens is 286 g/mol. The number of aromatic amines is 1. The van der Waals surface area contributed by atoms with Crippen LogP contribution in [0.4, 0.5) is 0 Å². The molecule has 2 heterocycles. The molecule has 4 rings (SSSR count). The van der Waals surface area contributed by atoms with Crippen molar-refractivity contribution in [3.8, 4) is 5.75 Å². The topological polar surface area (TPSA) is 38.2 Å². The summed E-state index contributed by atoms with van der Waals surface area (Å²) >= 11 is 6.04. The highest BCUT2D eigenvalue weighted by Crippen LogP contribution is 2.28. The Balaban J connectivity index is 1.66. The Labute approximate surface area is 126 Å². The highest BCUT2D eigenvalue weighted by molar-refractivity contribution is 6.31. The number of nitrogens with one attached hydrogen (secondary N) is 1. The lowest BCUT2D eigenvalue weighted by Crippen LogP contribution is -1.94. The Morgan fingerprint density at radius 3 is 3.00 bits per heavy atom.